The first-order chi connectivity index (χ1) is 10.2. The van der Waals surface area contributed by atoms with Gasteiger partial charge in [-0.1, -0.05) is 57.0 Å². The van der Waals surface area contributed by atoms with Gasteiger partial charge in [-0.3, -0.25) is 4.90 Å². The number of nitrogens with one attached hydrogen (secondary N) is 1. The van der Waals surface area contributed by atoms with Gasteiger partial charge in [0.2, 0.25) is 0 Å². The number of nitrogens with zero attached hydrogens (tertiary/aromatic N) is 1. The van der Waals surface area contributed by atoms with Crippen molar-refractivity contribution >= 4 is 0 Å². The first kappa shape index (κ1) is 16.5. The van der Waals surface area contributed by atoms with E-state index in [2.05, 4.69) is 61.4 Å². The molecule has 2 nitrogen and oxygen atoms in total. The Bertz CT molecular complexity index is 390. The monoisotopic (exact) mass is 288 g/mol. The quantitative estimate of drug-likeness (QED) is 0.755. The molecule has 1 aromatic rings. The minimum atomic E-state index is 0.494. The Morgan fingerprint density at radius 1 is 1.24 bits per heavy atom. The van der Waals surface area contributed by atoms with Gasteiger partial charge in [0, 0.05) is 18.6 Å². The molecule has 0 heterocycles. The zero-order valence-electron chi connectivity index (χ0n) is 14.0. The molecular formula is C19H32N2. The highest BCUT2D eigenvalue weighted by molar-refractivity contribution is 5.19. The fraction of sp³-hybridized carbons (Fsp3) is 0.684. The molecule has 2 rings (SSSR count). The van der Waals surface area contributed by atoms with E-state index in [4.69, 9.17) is 0 Å². The van der Waals surface area contributed by atoms with Crippen molar-refractivity contribution in [3.8, 4) is 0 Å². The fourth-order valence-electron chi connectivity index (χ4n) is 3.61. The lowest BCUT2D eigenvalue weighted by Crippen LogP contribution is -2.42. The molecule has 1 N–H and O–H groups in total. The molecule has 0 aromatic heterocycles. The number of likely N-dealkylation sites (N-methyl/N-ethyl adjacent to an activating group) is 1. The summed E-state index contributed by atoms with van der Waals surface area (Å²) in [6.45, 7) is 6.81. The third-order valence-corrected chi connectivity index (χ3v) is 4.93. The molecular weight excluding hydrogens is 256 g/mol. The van der Waals surface area contributed by atoms with Crippen molar-refractivity contribution in [2.24, 2.45) is 5.92 Å². The van der Waals surface area contributed by atoms with E-state index in [-0.39, 0.29) is 0 Å². The van der Waals surface area contributed by atoms with Crippen molar-refractivity contribution in [1.82, 2.24) is 10.2 Å². The summed E-state index contributed by atoms with van der Waals surface area (Å²) in [6.07, 6.45) is 6.71. The van der Waals surface area contributed by atoms with Crippen LogP contribution in [0.1, 0.15) is 57.6 Å². The molecule has 0 radical (unpaired) electrons. The Kier molecular flexibility index (Phi) is 6.72. The van der Waals surface area contributed by atoms with Crippen LogP contribution in [0.2, 0.25) is 0 Å². The van der Waals surface area contributed by atoms with Gasteiger partial charge in [-0.05, 0) is 44.3 Å². The minimum absolute atomic E-state index is 0.494. The Balaban J connectivity index is 2.06. The smallest absolute Gasteiger partial charge is 0.0472 e. The maximum absolute atomic E-state index is 3.62. The number of hydrogen-bond donors (Lipinski definition) is 1. The van der Waals surface area contributed by atoms with Crippen LogP contribution in [-0.2, 0) is 0 Å². The minimum Gasteiger partial charge on any atom is -0.315 e. The molecule has 3 atom stereocenters. The van der Waals surface area contributed by atoms with E-state index in [0.29, 0.717) is 6.04 Å². The first-order valence-corrected chi connectivity index (χ1v) is 8.70. The molecule has 1 aromatic carbocycles. The third kappa shape index (κ3) is 4.82. The molecule has 1 fully saturated rings. The van der Waals surface area contributed by atoms with Gasteiger partial charge in [0.1, 0.15) is 0 Å². The highest BCUT2D eigenvalue weighted by Crippen LogP contribution is 2.31. The van der Waals surface area contributed by atoms with Gasteiger partial charge in [-0.2, -0.15) is 0 Å². The van der Waals surface area contributed by atoms with Crippen LogP contribution < -0.4 is 5.32 Å². The van der Waals surface area contributed by atoms with Gasteiger partial charge in [0.15, 0.2) is 0 Å². The van der Waals surface area contributed by atoms with Gasteiger partial charge >= 0.3 is 0 Å². The van der Waals surface area contributed by atoms with E-state index in [1.165, 1.54) is 37.7 Å². The normalized spacial score (nSPS) is 24.2. The van der Waals surface area contributed by atoms with Gasteiger partial charge < -0.3 is 5.32 Å². The summed E-state index contributed by atoms with van der Waals surface area (Å²) in [5, 5.41) is 3.62. The van der Waals surface area contributed by atoms with E-state index in [1.807, 2.05) is 0 Å². The van der Waals surface area contributed by atoms with Gasteiger partial charge in [0.05, 0.1) is 0 Å². The van der Waals surface area contributed by atoms with E-state index < -0.39 is 0 Å². The van der Waals surface area contributed by atoms with Crippen LogP contribution >= 0.6 is 0 Å². The second-order valence-corrected chi connectivity index (χ2v) is 6.72. The SMILES string of the molecule is CCCNCC(c1ccccc1)N(C)C1CCCC(C)C1. The maximum atomic E-state index is 3.62. The van der Waals surface area contributed by atoms with Crippen molar-refractivity contribution in [2.75, 3.05) is 20.1 Å². The van der Waals surface area contributed by atoms with Crippen molar-refractivity contribution in [1.29, 1.82) is 0 Å². The molecule has 2 heteroatoms. The van der Waals surface area contributed by atoms with Gasteiger partial charge in [-0.15, -0.1) is 0 Å². The molecule has 118 valence electrons. The maximum Gasteiger partial charge on any atom is 0.0472 e. The van der Waals surface area contributed by atoms with Gasteiger partial charge in [0.25, 0.3) is 0 Å². The summed E-state index contributed by atoms with van der Waals surface area (Å²) >= 11 is 0. The van der Waals surface area contributed by atoms with Crippen LogP contribution in [0.4, 0.5) is 0 Å². The largest absolute Gasteiger partial charge is 0.315 e. The molecule has 1 aliphatic carbocycles. The van der Waals surface area contributed by atoms with E-state index >= 15 is 0 Å². The summed E-state index contributed by atoms with van der Waals surface area (Å²) in [4.78, 5) is 2.63. The predicted octanol–water partition coefficient (Wildman–Crippen LogP) is 4.24. The zero-order chi connectivity index (χ0) is 15.1. The molecule has 3 unspecified atom stereocenters. The number of rotatable bonds is 7. The average molecular weight is 288 g/mol. The Morgan fingerprint density at radius 3 is 2.67 bits per heavy atom. The standard InChI is InChI=1S/C19H32N2/c1-4-13-20-15-19(17-10-6-5-7-11-17)21(3)18-12-8-9-16(2)14-18/h5-7,10-11,16,18-20H,4,8-9,12-15H2,1-3H3. The summed E-state index contributed by atoms with van der Waals surface area (Å²) in [6, 6.07) is 12.2. The summed E-state index contributed by atoms with van der Waals surface area (Å²) in [7, 11) is 2.33. The molecule has 1 aliphatic rings. The molecule has 0 amide bonds. The predicted molar refractivity (Wildman–Crippen MR) is 91.5 cm³/mol. The summed E-state index contributed by atoms with van der Waals surface area (Å²) in [5.74, 6) is 0.881. The highest BCUT2D eigenvalue weighted by atomic mass is 15.2. The van der Waals surface area contributed by atoms with Crippen LogP contribution in [0.5, 0.6) is 0 Å². The average Bonchev–Trinajstić information content (AvgIpc) is 2.52. The lowest BCUT2D eigenvalue weighted by molar-refractivity contribution is 0.116. The Hall–Kier alpha value is -0.860. The van der Waals surface area contributed by atoms with Crippen LogP contribution in [0.25, 0.3) is 0 Å². The second kappa shape index (κ2) is 8.55. The molecule has 0 aliphatic heterocycles. The Morgan fingerprint density at radius 2 is 2.00 bits per heavy atom. The summed E-state index contributed by atoms with van der Waals surface area (Å²) < 4.78 is 0. The first-order valence-electron chi connectivity index (χ1n) is 8.70. The van der Waals surface area contributed by atoms with Crippen LogP contribution in [0, 0.1) is 5.92 Å². The molecule has 0 spiro atoms. The molecule has 0 bridgehead atoms. The zero-order valence-corrected chi connectivity index (χ0v) is 14.0. The fourth-order valence-corrected chi connectivity index (χ4v) is 3.61. The third-order valence-electron chi connectivity index (χ3n) is 4.93. The lowest BCUT2D eigenvalue weighted by Gasteiger charge is -2.39. The molecule has 21 heavy (non-hydrogen) atoms. The van der Waals surface area contributed by atoms with Crippen LogP contribution in [0.15, 0.2) is 30.3 Å². The van der Waals surface area contributed by atoms with Crippen molar-refractivity contribution < 1.29 is 0 Å². The Labute approximate surface area is 130 Å². The van der Waals surface area contributed by atoms with Crippen molar-refractivity contribution in [2.45, 2.75) is 58.0 Å². The van der Waals surface area contributed by atoms with Crippen molar-refractivity contribution in [3.05, 3.63) is 35.9 Å². The van der Waals surface area contributed by atoms with Crippen molar-refractivity contribution in [3.63, 3.8) is 0 Å². The molecule has 0 saturated heterocycles. The molecule has 1 saturated carbocycles. The number of hydrogen-bond acceptors (Lipinski definition) is 2. The van der Waals surface area contributed by atoms with Gasteiger partial charge in [-0.25, -0.2) is 0 Å². The van der Waals surface area contributed by atoms with Crippen LogP contribution in [0.3, 0.4) is 0 Å². The highest BCUT2D eigenvalue weighted by Gasteiger charge is 2.27. The second-order valence-electron chi connectivity index (χ2n) is 6.72. The lowest BCUT2D eigenvalue weighted by atomic mass is 9.85. The van der Waals surface area contributed by atoms with E-state index in [9.17, 15) is 0 Å². The van der Waals surface area contributed by atoms with E-state index in [0.717, 1.165) is 25.0 Å². The van der Waals surface area contributed by atoms with E-state index in [1.54, 1.807) is 0 Å². The van der Waals surface area contributed by atoms with Crippen LogP contribution in [-0.4, -0.2) is 31.1 Å². The summed E-state index contributed by atoms with van der Waals surface area (Å²) in [5.41, 5.74) is 1.45. The topological polar surface area (TPSA) is 15.3 Å². The number of benzene rings is 1.